The first-order valence-electron chi connectivity index (χ1n) is 11.5. The van der Waals surface area contributed by atoms with E-state index in [1.807, 2.05) is 17.0 Å². The Balaban J connectivity index is 1.20. The lowest BCUT2D eigenvalue weighted by atomic mass is 10.2. The third-order valence-corrected chi connectivity index (χ3v) is 7.18. The van der Waals surface area contributed by atoms with Crippen LogP contribution in [0.2, 0.25) is 0 Å². The molecule has 5 rings (SSSR count). The molecule has 0 N–H and O–H groups in total. The van der Waals surface area contributed by atoms with Crippen LogP contribution in [0.15, 0.2) is 83.8 Å². The summed E-state index contributed by atoms with van der Waals surface area (Å²) in [5.41, 5.74) is 3.41. The summed E-state index contributed by atoms with van der Waals surface area (Å²) in [6, 6.07) is 25.0. The Kier molecular flexibility index (Phi) is 6.92. The molecule has 1 fully saturated rings. The molecule has 4 aromatic rings. The van der Waals surface area contributed by atoms with Crippen LogP contribution < -0.4 is 0 Å². The van der Waals surface area contributed by atoms with E-state index in [0.29, 0.717) is 18.8 Å². The van der Waals surface area contributed by atoms with Gasteiger partial charge in [0.25, 0.3) is 0 Å². The van der Waals surface area contributed by atoms with Gasteiger partial charge < -0.3 is 9.47 Å². The number of nitrogens with zero attached hydrogens (tertiary/aromatic N) is 4. The number of benzene rings is 3. The molecule has 0 bridgehead atoms. The second-order valence-electron chi connectivity index (χ2n) is 8.49. The van der Waals surface area contributed by atoms with Crippen LogP contribution in [0.1, 0.15) is 11.4 Å². The van der Waals surface area contributed by atoms with E-state index in [4.69, 9.17) is 4.98 Å². The number of imidazole rings is 1. The Hall–Kier alpha value is -3.16. The van der Waals surface area contributed by atoms with Gasteiger partial charge in [-0.15, -0.1) is 11.8 Å². The minimum atomic E-state index is -0.260. The Morgan fingerprint density at radius 1 is 0.853 bits per heavy atom. The van der Waals surface area contributed by atoms with E-state index in [1.54, 1.807) is 12.1 Å². The van der Waals surface area contributed by atoms with Crippen molar-refractivity contribution in [3.8, 4) is 0 Å². The van der Waals surface area contributed by atoms with Gasteiger partial charge in [0.05, 0.1) is 23.3 Å². The van der Waals surface area contributed by atoms with Gasteiger partial charge in [-0.2, -0.15) is 0 Å². The molecule has 34 heavy (non-hydrogen) atoms. The topological polar surface area (TPSA) is 41.4 Å². The molecule has 0 aliphatic carbocycles. The Morgan fingerprint density at radius 2 is 1.56 bits per heavy atom. The standard InChI is InChI=1S/C27H27FN4OS/c28-22-10-12-23(13-11-22)34-20-27(33)31-16-14-30(15-17-31)19-26-29-24-8-4-5-9-25(24)32(26)18-21-6-2-1-3-7-21/h1-13H,14-20H2. The first-order valence-corrected chi connectivity index (χ1v) is 12.5. The summed E-state index contributed by atoms with van der Waals surface area (Å²) < 4.78 is 15.4. The predicted molar refractivity (Wildman–Crippen MR) is 134 cm³/mol. The van der Waals surface area contributed by atoms with Gasteiger partial charge in [0, 0.05) is 37.6 Å². The number of fused-ring (bicyclic) bond motifs is 1. The zero-order valence-electron chi connectivity index (χ0n) is 18.9. The van der Waals surface area contributed by atoms with Gasteiger partial charge in [-0.1, -0.05) is 42.5 Å². The number of halogens is 1. The van der Waals surface area contributed by atoms with Crippen LogP contribution in [0, 0.1) is 5.82 Å². The SMILES string of the molecule is O=C(CSc1ccc(F)cc1)N1CCN(Cc2nc3ccccc3n2Cc2ccccc2)CC1. The van der Waals surface area contributed by atoms with Gasteiger partial charge in [0.1, 0.15) is 11.6 Å². The molecule has 1 amide bonds. The summed E-state index contributed by atoms with van der Waals surface area (Å²) in [5.74, 6) is 1.30. The molecule has 7 heteroatoms. The van der Waals surface area contributed by atoms with Gasteiger partial charge in [0.15, 0.2) is 0 Å². The van der Waals surface area contributed by atoms with Crippen molar-refractivity contribution in [2.24, 2.45) is 0 Å². The van der Waals surface area contributed by atoms with Gasteiger partial charge in [-0.25, -0.2) is 9.37 Å². The number of thioether (sulfide) groups is 1. The molecule has 5 nitrogen and oxygen atoms in total. The average Bonchev–Trinajstić information content (AvgIpc) is 3.21. The normalized spacial score (nSPS) is 14.6. The lowest BCUT2D eigenvalue weighted by Crippen LogP contribution is -2.49. The molecule has 1 aromatic heterocycles. The maximum atomic E-state index is 13.1. The monoisotopic (exact) mass is 474 g/mol. The highest BCUT2D eigenvalue weighted by Crippen LogP contribution is 2.21. The van der Waals surface area contributed by atoms with Crippen molar-refractivity contribution < 1.29 is 9.18 Å². The van der Waals surface area contributed by atoms with Crippen molar-refractivity contribution in [1.29, 1.82) is 0 Å². The highest BCUT2D eigenvalue weighted by atomic mass is 32.2. The molecule has 3 aromatic carbocycles. The minimum absolute atomic E-state index is 0.130. The third kappa shape index (κ3) is 5.32. The van der Waals surface area contributed by atoms with Crippen LogP contribution in [0.5, 0.6) is 0 Å². The fraction of sp³-hybridized carbons (Fsp3) is 0.259. The van der Waals surface area contributed by atoms with Crippen LogP contribution in [-0.2, 0) is 17.9 Å². The Labute approximate surface area is 203 Å². The molecular weight excluding hydrogens is 447 g/mol. The molecule has 0 atom stereocenters. The molecule has 1 aliphatic heterocycles. The van der Waals surface area contributed by atoms with Crippen LogP contribution in [-0.4, -0.2) is 57.2 Å². The number of rotatable bonds is 7. The molecule has 0 saturated carbocycles. The second-order valence-corrected chi connectivity index (χ2v) is 9.54. The Bertz CT molecular complexity index is 1250. The van der Waals surface area contributed by atoms with Gasteiger partial charge >= 0.3 is 0 Å². The van der Waals surface area contributed by atoms with Crippen LogP contribution >= 0.6 is 11.8 Å². The van der Waals surface area contributed by atoms with Gasteiger partial charge in [0.2, 0.25) is 5.91 Å². The molecule has 1 aliphatic rings. The number of carbonyl (C=O) groups excluding carboxylic acids is 1. The summed E-state index contributed by atoms with van der Waals surface area (Å²) in [7, 11) is 0. The van der Waals surface area contributed by atoms with E-state index >= 15 is 0 Å². The number of para-hydroxylation sites is 2. The molecule has 0 unspecified atom stereocenters. The highest BCUT2D eigenvalue weighted by molar-refractivity contribution is 8.00. The number of piperazine rings is 1. The zero-order valence-corrected chi connectivity index (χ0v) is 19.8. The van der Waals surface area contributed by atoms with E-state index in [9.17, 15) is 9.18 Å². The van der Waals surface area contributed by atoms with Crippen molar-refractivity contribution in [2.75, 3.05) is 31.9 Å². The fourth-order valence-corrected chi connectivity index (χ4v) is 5.11. The van der Waals surface area contributed by atoms with E-state index in [2.05, 4.69) is 51.9 Å². The fourth-order valence-electron chi connectivity index (χ4n) is 4.31. The number of amides is 1. The van der Waals surface area contributed by atoms with Crippen molar-refractivity contribution in [1.82, 2.24) is 19.4 Å². The zero-order chi connectivity index (χ0) is 23.3. The van der Waals surface area contributed by atoms with E-state index < -0.39 is 0 Å². The summed E-state index contributed by atoms with van der Waals surface area (Å²) in [5, 5.41) is 0. The van der Waals surface area contributed by atoms with Crippen molar-refractivity contribution in [3.63, 3.8) is 0 Å². The lowest BCUT2D eigenvalue weighted by Gasteiger charge is -2.34. The molecule has 0 spiro atoms. The second kappa shape index (κ2) is 10.4. The molecule has 0 radical (unpaired) electrons. The summed E-state index contributed by atoms with van der Waals surface area (Å²) in [6.07, 6.45) is 0. The average molecular weight is 475 g/mol. The maximum absolute atomic E-state index is 13.1. The number of carbonyl (C=O) groups is 1. The predicted octanol–water partition coefficient (Wildman–Crippen LogP) is 4.66. The summed E-state index contributed by atoms with van der Waals surface area (Å²) in [4.78, 5) is 22.8. The lowest BCUT2D eigenvalue weighted by molar-refractivity contribution is -0.130. The quantitative estimate of drug-likeness (QED) is 0.366. The maximum Gasteiger partial charge on any atom is 0.233 e. The van der Waals surface area contributed by atoms with Crippen LogP contribution in [0.25, 0.3) is 11.0 Å². The van der Waals surface area contributed by atoms with Crippen molar-refractivity contribution in [2.45, 2.75) is 18.0 Å². The van der Waals surface area contributed by atoms with E-state index in [-0.39, 0.29) is 11.7 Å². The van der Waals surface area contributed by atoms with Crippen molar-refractivity contribution >= 4 is 28.7 Å². The van der Waals surface area contributed by atoms with Gasteiger partial charge in [-0.05, 0) is 42.0 Å². The highest BCUT2D eigenvalue weighted by Gasteiger charge is 2.23. The molecule has 2 heterocycles. The van der Waals surface area contributed by atoms with Crippen LogP contribution in [0.4, 0.5) is 4.39 Å². The van der Waals surface area contributed by atoms with Crippen molar-refractivity contribution in [3.05, 3.63) is 96.1 Å². The molecule has 174 valence electrons. The van der Waals surface area contributed by atoms with E-state index in [1.165, 1.54) is 29.5 Å². The smallest absolute Gasteiger partial charge is 0.233 e. The first-order chi connectivity index (χ1) is 16.7. The number of hydrogen-bond donors (Lipinski definition) is 0. The Morgan fingerprint density at radius 3 is 2.32 bits per heavy atom. The van der Waals surface area contributed by atoms with E-state index in [0.717, 1.165) is 47.9 Å². The molecular formula is C27H27FN4OS. The molecule has 1 saturated heterocycles. The number of hydrogen-bond acceptors (Lipinski definition) is 4. The largest absolute Gasteiger partial charge is 0.339 e. The van der Waals surface area contributed by atoms with Crippen LogP contribution in [0.3, 0.4) is 0 Å². The first kappa shape index (κ1) is 22.6. The number of aromatic nitrogens is 2. The van der Waals surface area contributed by atoms with Gasteiger partial charge in [-0.3, -0.25) is 9.69 Å². The summed E-state index contributed by atoms with van der Waals surface area (Å²) >= 11 is 1.45. The summed E-state index contributed by atoms with van der Waals surface area (Å²) in [6.45, 7) is 4.61. The minimum Gasteiger partial charge on any atom is -0.339 e. The third-order valence-electron chi connectivity index (χ3n) is 6.18.